The van der Waals surface area contributed by atoms with Gasteiger partial charge >= 0.3 is 0 Å². The van der Waals surface area contributed by atoms with E-state index in [4.69, 9.17) is 41.7 Å². The SMILES string of the molecule is CCCCC(CC)COP(=S)(OCC(CC)CCCC)C(C)(C)SC(C)(C)P(=S)(OCC(CC)CCCC)OCC(CC)CCCC. The molecular formula is C38H80O4P2S3. The van der Waals surface area contributed by atoms with E-state index in [9.17, 15) is 0 Å². The van der Waals surface area contributed by atoms with E-state index >= 15 is 0 Å². The van der Waals surface area contributed by atoms with Gasteiger partial charge in [-0.05, 0) is 101 Å². The summed E-state index contributed by atoms with van der Waals surface area (Å²) in [5.74, 6) is 1.99. The lowest BCUT2D eigenvalue weighted by atomic mass is 10.0. The molecular weight excluding hydrogens is 679 g/mol. The van der Waals surface area contributed by atoms with Gasteiger partial charge in [0.15, 0.2) is 0 Å². The van der Waals surface area contributed by atoms with Crippen LogP contribution in [-0.2, 0) is 41.7 Å². The number of unbranched alkanes of at least 4 members (excludes halogenated alkanes) is 4. The average molecular weight is 759 g/mol. The van der Waals surface area contributed by atoms with Crippen molar-refractivity contribution in [2.75, 3.05) is 26.4 Å². The Kier molecular flexibility index (Phi) is 27.1. The van der Waals surface area contributed by atoms with Crippen molar-refractivity contribution in [1.29, 1.82) is 0 Å². The van der Waals surface area contributed by atoms with Crippen molar-refractivity contribution < 1.29 is 18.1 Å². The molecule has 0 aromatic rings. The molecule has 0 saturated carbocycles. The second-order valence-electron chi connectivity index (χ2n) is 14.8. The molecule has 0 aliphatic heterocycles. The van der Waals surface area contributed by atoms with Gasteiger partial charge in [-0.2, -0.15) is 0 Å². The van der Waals surface area contributed by atoms with Crippen molar-refractivity contribution in [2.45, 2.75) is 195 Å². The van der Waals surface area contributed by atoms with Gasteiger partial charge < -0.3 is 18.1 Å². The van der Waals surface area contributed by atoms with Crippen LogP contribution in [0.25, 0.3) is 0 Å². The van der Waals surface area contributed by atoms with Crippen molar-refractivity contribution in [1.82, 2.24) is 0 Å². The molecule has 0 aliphatic rings. The van der Waals surface area contributed by atoms with Crippen molar-refractivity contribution in [3.05, 3.63) is 0 Å². The van der Waals surface area contributed by atoms with Gasteiger partial charge in [0, 0.05) is 0 Å². The summed E-state index contributed by atoms with van der Waals surface area (Å²) < 4.78 is 26.6. The van der Waals surface area contributed by atoms with E-state index in [1.807, 2.05) is 11.8 Å². The van der Waals surface area contributed by atoms with E-state index < -0.39 is 22.0 Å². The first-order valence-corrected chi connectivity index (χ1v) is 25.8. The molecule has 4 unspecified atom stereocenters. The Labute approximate surface area is 309 Å². The quantitative estimate of drug-likeness (QED) is 0.0632. The molecule has 0 aromatic carbocycles. The Morgan fingerprint density at radius 2 is 0.660 bits per heavy atom. The van der Waals surface area contributed by atoms with Gasteiger partial charge in [-0.15, -0.1) is 11.8 Å². The van der Waals surface area contributed by atoms with E-state index in [2.05, 4.69) is 83.1 Å². The summed E-state index contributed by atoms with van der Waals surface area (Å²) in [5.41, 5.74) is 0. The van der Waals surface area contributed by atoms with E-state index in [-0.39, 0.29) is 0 Å². The maximum atomic E-state index is 6.90. The Hall–Kier alpha value is 1.49. The molecule has 0 radical (unpaired) electrons. The van der Waals surface area contributed by atoms with Crippen LogP contribution in [0.1, 0.15) is 186 Å². The molecule has 4 atom stereocenters. The second kappa shape index (κ2) is 26.3. The number of thioether (sulfide) groups is 1. The van der Waals surface area contributed by atoms with Crippen LogP contribution >= 0.6 is 24.7 Å². The first-order valence-electron chi connectivity index (χ1n) is 19.7. The minimum Gasteiger partial charge on any atom is -0.328 e. The molecule has 0 spiro atoms. The van der Waals surface area contributed by atoms with Gasteiger partial charge in [0.25, 0.3) is 0 Å². The number of hydrogen-bond acceptors (Lipinski definition) is 7. The Balaban J connectivity index is 6.46. The predicted molar refractivity (Wildman–Crippen MR) is 221 cm³/mol. The smallest absolute Gasteiger partial charge is 0.204 e. The van der Waals surface area contributed by atoms with Crippen LogP contribution in [-0.4, -0.2) is 35.4 Å². The summed E-state index contributed by atoms with van der Waals surface area (Å²) in [6, 6.07) is 0. The Morgan fingerprint density at radius 3 is 0.830 bits per heavy atom. The van der Waals surface area contributed by atoms with Crippen LogP contribution in [0.5, 0.6) is 0 Å². The molecule has 0 fully saturated rings. The zero-order valence-corrected chi connectivity index (χ0v) is 37.4. The fraction of sp³-hybridized carbons (Fsp3) is 1.00. The van der Waals surface area contributed by atoms with Gasteiger partial charge in [0.2, 0.25) is 13.0 Å². The molecule has 0 rings (SSSR count). The predicted octanol–water partition coefficient (Wildman–Crippen LogP) is 14.7. The second-order valence-corrected chi connectivity index (χ2v) is 25.8. The maximum absolute atomic E-state index is 6.90. The lowest BCUT2D eigenvalue weighted by Gasteiger charge is -2.45. The van der Waals surface area contributed by atoms with Gasteiger partial charge in [-0.1, -0.05) is 132 Å². The molecule has 0 aliphatic carbocycles. The lowest BCUT2D eigenvalue weighted by molar-refractivity contribution is 0.173. The molecule has 0 heterocycles. The van der Waals surface area contributed by atoms with E-state index in [0.717, 1.165) is 25.7 Å². The molecule has 0 aromatic heterocycles. The minimum atomic E-state index is -2.75. The molecule has 0 N–H and O–H groups in total. The third-order valence-corrected chi connectivity index (χ3v) is 22.2. The molecule has 9 heteroatoms. The fourth-order valence-electron chi connectivity index (χ4n) is 5.83. The monoisotopic (exact) mass is 758 g/mol. The summed E-state index contributed by atoms with van der Waals surface area (Å²) in [4.78, 5) is 0. The molecule has 0 saturated heterocycles. The van der Waals surface area contributed by atoms with Crippen molar-refractivity contribution in [3.63, 3.8) is 0 Å². The molecule has 47 heavy (non-hydrogen) atoms. The van der Waals surface area contributed by atoms with Crippen molar-refractivity contribution in [2.24, 2.45) is 23.7 Å². The largest absolute Gasteiger partial charge is 0.328 e. The highest BCUT2D eigenvalue weighted by atomic mass is 32.5. The topological polar surface area (TPSA) is 36.9 Å². The average Bonchev–Trinajstić information content (AvgIpc) is 3.04. The highest BCUT2D eigenvalue weighted by Crippen LogP contribution is 2.74. The van der Waals surface area contributed by atoms with Crippen LogP contribution in [0.2, 0.25) is 0 Å². The van der Waals surface area contributed by atoms with Crippen LogP contribution < -0.4 is 0 Å². The fourth-order valence-corrected chi connectivity index (χ4v) is 14.6. The zero-order chi connectivity index (χ0) is 36.0. The number of hydrogen-bond donors (Lipinski definition) is 0. The highest BCUT2D eigenvalue weighted by molar-refractivity contribution is 8.25. The minimum absolute atomic E-state index is 0.479. The third-order valence-electron chi connectivity index (χ3n) is 9.91. The first kappa shape index (κ1) is 48.5. The summed E-state index contributed by atoms with van der Waals surface area (Å²) in [6.45, 7) is 24.3. The van der Waals surface area contributed by atoms with E-state index in [0.29, 0.717) is 50.1 Å². The van der Waals surface area contributed by atoms with Crippen LogP contribution in [0.3, 0.4) is 0 Å². The van der Waals surface area contributed by atoms with E-state index in [1.165, 1.54) is 77.0 Å². The standard InChI is InChI=1S/C38H80O4P2S3/c1-13-21-25-33(17-5)29-39-43(45,40-30-34(18-6)26-22-14-2)37(9,10)47-38(11,12)44(46,41-31-35(19-7)27-23-15-3)42-32-36(20-8)28-24-16-4/h33-36H,13-32H2,1-12H3. The summed E-state index contributed by atoms with van der Waals surface area (Å²) >= 11 is 15.0. The Bertz CT molecular complexity index is 754. The van der Waals surface area contributed by atoms with Crippen molar-refractivity contribution >= 4 is 48.4 Å². The zero-order valence-electron chi connectivity index (χ0n) is 33.2. The van der Waals surface area contributed by atoms with Gasteiger partial charge in [0.1, 0.15) is 0 Å². The van der Waals surface area contributed by atoms with Crippen LogP contribution in [0.4, 0.5) is 0 Å². The Morgan fingerprint density at radius 1 is 0.447 bits per heavy atom. The van der Waals surface area contributed by atoms with Gasteiger partial charge in [-0.25, -0.2) is 0 Å². The lowest BCUT2D eigenvalue weighted by Crippen LogP contribution is -2.31. The molecule has 4 nitrogen and oxygen atoms in total. The highest BCUT2D eigenvalue weighted by Gasteiger charge is 2.50. The summed E-state index contributed by atoms with van der Waals surface area (Å²) in [6.07, 6.45) is 18.7. The van der Waals surface area contributed by atoms with Crippen LogP contribution in [0.15, 0.2) is 0 Å². The normalized spacial score (nSPS) is 18.0. The maximum Gasteiger partial charge on any atom is 0.204 e. The first-order chi connectivity index (χ1) is 22.2. The van der Waals surface area contributed by atoms with Crippen LogP contribution in [0, 0.1) is 23.7 Å². The van der Waals surface area contributed by atoms with Gasteiger partial charge in [-0.3, -0.25) is 0 Å². The van der Waals surface area contributed by atoms with Crippen molar-refractivity contribution in [3.8, 4) is 0 Å². The summed E-state index contributed by atoms with van der Waals surface area (Å²) in [5, 5.41) is 0. The third kappa shape index (κ3) is 18.2. The van der Waals surface area contributed by atoms with Gasteiger partial charge in [0.05, 0.1) is 35.4 Å². The number of rotatable bonds is 32. The summed E-state index contributed by atoms with van der Waals surface area (Å²) in [7, 11) is 0. The van der Waals surface area contributed by atoms with E-state index in [1.54, 1.807) is 0 Å². The molecule has 0 bridgehead atoms. The molecule has 0 amide bonds. The molecule has 284 valence electrons.